The maximum absolute atomic E-state index is 12.5. The molecule has 1 aromatic carbocycles. The van der Waals surface area contributed by atoms with E-state index in [0.29, 0.717) is 29.4 Å². The number of carbonyl (C=O) groups excluding carboxylic acids is 2. The number of carbonyl (C=O) groups is 2. The van der Waals surface area contributed by atoms with E-state index in [0.717, 1.165) is 17.5 Å². The highest BCUT2D eigenvalue weighted by molar-refractivity contribution is 6.00. The summed E-state index contributed by atoms with van der Waals surface area (Å²) in [6, 6.07) is 7.27. The Balaban J connectivity index is 1.88. The van der Waals surface area contributed by atoms with Crippen molar-refractivity contribution in [1.82, 2.24) is 14.7 Å². The number of imidazole rings is 1. The Morgan fingerprint density at radius 2 is 2.17 bits per heavy atom. The van der Waals surface area contributed by atoms with Gasteiger partial charge in [0.1, 0.15) is 23.0 Å². The number of rotatable bonds is 5. The van der Waals surface area contributed by atoms with E-state index < -0.39 is 0 Å². The number of aromatic nitrogens is 2. The fraction of sp³-hybridized carbons (Fsp3) is 0.286. The van der Waals surface area contributed by atoms with Crippen LogP contribution in [0.2, 0.25) is 0 Å². The molecule has 9 heteroatoms. The van der Waals surface area contributed by atoms with E-state index in [-0.39, 0.29) is 29.9 Å². The number of ether oxygens (including phenoxy) is 2. The molecule has 4 rings (SSSR count). The minimum atomic E-state index is -0.315. The van der Waals surface area contributed by atoms with Crippen LogP contribution >= 0.6 is 0 Å². The molecule has 0 radical (unpaired) electrons. The third kappa shape index (κ3) is 3.08. The number of likely N-dealkylation sites (N-methyl/N-ethyl adjacent to an activating group) is 1. The lowest BCUT2D eigenvalue weighted by atomic mass is 10.0. The minimum Gasteiger partial charge on any atom is -0.496 e. The number of fused-ring (bicyclic) bond motifs is 2. The summed E-state index contributed by atoms with van der Waals surface area (Å²) >= 11 is 0. The lowest BCUT2D eigenvalue weighted by Crippen LogP contribution is -2.35. The SMILES string of the molecule is CCCNC(=O)c1nc2c(-c3cc4c(cc3OC)N(C)C(=O)CO4)cccn2c1N. The van der Waals surface area contributed by atoms with Crippen molar-refractivity contribution in [2.24, 2.45) is 0 Å². The molecule has 9 nitrogen and oxygen atoms in total. The molecule has 2 aromatic heterocycles. The third-order valence-corrected chi connectivity index (χ3v) is 5.10. The molecule has 30 heavy (non-hydrogen) atoms. The molecule has 0 bridgehead atoms. The van der Waals surface area contributed by atoms with Crippen LogP contribution < -0.4 is 25.4 Å². The van der Waals surface area contributed by atoms with E-state index in [9.17, 15) is 9.59 Å². The van der Waals surface area contributed by atoms with Crippen LogP contribution in [-0.2, 0) is 4.79 Å². The zero-order valence-electron chi connectivity index (χ0n) is 17.1. The van der Waals surface area contributed by atoms with Crippen LogP contribution in [0.5, 0.6) is 11.5 Å². The fourth-order valence-corrected chi connectivity index (χ4v) is 3.46. The van der Waals surface area contributed by atoms with Gasteiger partial charge in [-0.1, -0.05) is 6.92 Å². The Morgan fingerprint density at radius 3 is 2.90 bits per heavy atom. The number of hydrogen-bond acceptors (Lipinski definition) is 6. The van der Waals surface area contributed by atoms with Crippen LogP contribution in [0.3, 0.4) is 0 Å². The summed E-state index contributed by atoms with van der Waals surface area (Å²) in [7, 11) is 3.25. The molecular weight excluding hydrogens is 386 g/mol. The van der Waals surface area contributed by atoms with Crippen molar-refractivity contribution in [2.45, 2.75) is 13.3 Å². The molecule has 0 unspecified atom stereocenters. The normalized spacial score (nSPS) is 13.2. The molecule has 1 aliphatic heterocycles. The van der Waals surface area contributed by atoms with Crippen LogP contribution in [-0.4, -0.2) is 48.5 Å². The first kappa shape index (κ1) is 19.6. The summed E-state index contributed by atoms with van der Waals surface area (Å²) < 4.78 is 12.9. The molecule has 0 spiro atoms. The number of nitrogen functional groups attached to an aromatic ring is 1. The van der Waals surface area contributed by atoms with Crippen molar-refractivity contribution in [3.05, 3.63) is 36.2 Å². The fourth-order valence-electron chi connectivity index (χ4n) is 3.46. The highest BCUT2D eigenvalue weighted by Gasteiger charge is 2.26. The Morgan fingerprint density at radius 1 is 1.37 bits per heavy atom. The van der Waals surface area contributed by atoms with Gasteiger partial charge in [-0.3, -0.25) is 14.0 Å². The summed E-state index contributed by atoms with van der Waals surface area (Å²) in [6.07, 6.45) is 2.57. The molecule has 2 amide bonds. The quantitative estimate of drug-likeness (QED) is 0.668. The smallest absolute Gasteiger partial charge is 0.273 e. The first-order chi connectivity index (χ1) is 14.5. The van der Waals surface area contributed by atoms with E-state index in [2.05, 4.69) is 10.3 Å². The van der Waals surface area contributed by atoms with E-state index in [1.165, 1.54) is 4.90 Å². The Labute approximate surface area is 173 Å². The molecule has 0 saturated heterocycles. The number of amides is 2. The summed E-state index contributed by atoms with van der Waals surface area (Å²) in [6.45, 7) is 2.49. The molecule has 0 atom stereocenters. The second-order valence-electron chi connectivity index (χ2n) is 6.98. The van der Waals surface area contributed by atoms with Crippen molar-refractivity contribution in [1.29, 1.82) is 0 Å². The predicted molar refractivity (Wildman–Crippen MR) is 113 cm³/mol. The van der Waals surface area contributed by atoms with Gasteiger partial charge >= 0.3 is 0 Å². The van der Waals surface area contributed by atoms with E-state index >= 15 is 0 Å². The zero-order valence-corrected chi connectivity index (χ0v) is 17.1. The van der Waals surface area contributed by atoms with Gasteiger partial charge in [-0.15, -0.1) is 0 Å². The average Bonchev–Trinajstić information content (AvgIpc) is 3.10. The number of benzene rings is 1. The van der Waals surface area contributed by atoms with Gasteiger partial charge in [-0.25, -0.2) is 4.98 Å². The lowest BCUT2D eigenvalue weighted by molar-refractivity contribution is -0.120. The molecule has 3 heterocycles. The number of nitrogens with two attached hydrogens (primary N) is 1. The average molecular weight is 409 g/mol. The van der Waals surface area contributed by atoms with Crippen molar-refractivity contribution >= 4 is 29.0 Å². The minimum absolute atomic E-state index is 0.0302. The molecule has 3 aromatic rings. The zero-order chi connectivity index (χ0) is 21.4. The Hall–Kier alpha value is -3.75. The van der Waals surface area contributed by atoms with Crippen LogP contribution in [0.1, 0.15) is 23.8 Å². The standard InChI is InChI=1S/C21H23N5O4/c1-4-7-23-21(28)18-19(22)26-8-5-6-12(20(26)24-18)13-9-16-14(10-15(13)29-3)25(2)17(27)11-30-16/h5-6,8-10H,4,7,11,22H2,1-3H3,(H,23,28). The third-order valence-electron chi connectivity index (χ3n) is 5.10. The molecular formula is C21H23N5O4. The monoisotopic (exact) mass is 409 g/mol. The van der Waals surface area contributed by atoms with Gasteiger partial charge in [-0.05, 0) is 24.6 Å². The number of anilines is 2. The van der Waals surface area contributed by atoms with Crippen LogP contribution in [0.25, 0.3) is 16.8 Å². The maximum Gasteiger partial charge on any atom is 0.273 e. The lowest BCUT2D eigenvalue weighted by Gasteiger charge is -2.27. The van der Waals surface area contributed by atoms with Crippen molar-refractivity contribution in [3.8, 4) is 22.6 Å². The number of pyridine rings is 1. The number of nitrogens with zero attached hydrogens (tertiary/aromatic N) is 3. The Kier molecular flexibility index (Phi) is 4.94. The van der Waals surface area contributed by atoms with Gasteiger partial charge in [-0.2, -0.15) is 0 Å². The number of methoxy groups -OCH3 is 1. The highest BCUT2D eigenvalue weighted by atomic mass is 16.5. The van der Waals surface area contributed by atoms with Gasteiger partial charge in [0, 0.05) is 37.0 Å². The van der Waals surface area contributed by atoms with Crippen LogP contribution in [0.15, 0.2) is 30.5 Å². The van der Waals surface area contributed by atoms with Gasteiger partial charge < -0.3 is 25.4 Å². The molecule has 0 saturated carbocycles. The van der Waals surface area contributed by atoms with E-state index in [4.69, 9.17) is 15.2 Å². The van der Waals surface area contributed by atoms with Gasteiger partial charge in [0.25, 0.3) is 11.8 Å². The number of hydrogen-bond donors (Lipinski definition) is 2. The predicted octanol–water partition coefficient (Wildman–Crippen LogP) is 2.09. The summed E-state index contributed by atoms with van der Waals surface area (Å²) in [4.78, 5) is 30.5. The van der Waals surface area contributed by atoms with Gasteiger partial charge in [0.2, 0.25) is 0 Å². The molecule has 0 aliphatic carbocycles. The Bertz CT molecular complexity index is 1150. The summed E-state index contributed by atoms with van der Waals surface area (Å²) in [5.41, 5.74) is 8.98. The number of nitrogens with one attached hydrogen (secondary N) is 1. The molecule has 1 aliphatic rings. The first-order valence-corrected chi connectivity index (χ1v) is 9.62. The second-order valence-corrected chi connectivity index (χ2v) is 6.98. The molecule has 3 N–H and O–H groups in total. The first-order valence-electron chi connectivity index (χ1n) is 9.62. The van der Waals surface area contributed by atoms with Gasteiger partial charge in [0.15, 0.2) is 12.3 Å². The summed E-state index contributed by atoms with van der Waals surface area (Å²) in [5, 5.41) is 2.81. The maximum atomic E-state index is 12.5. The van der Waals surface area contributed by atoms with Crippen molar-refractivity contribution < 1.29 is 19.1 Å². The summed E-state index contributed by atoms with van der Waals surface area (Å²) in [5.74, 6) is 0.924. The highest BCUT2D eigenvalue weighted by Crippen LogP contribution is 2.43. The van der Waals surface area contributed by atoms with Crippen molar-refractivity contribution in [3.63, 3.8) is 0 Å². The molecule has 156 valence electrons. The second kappa shape index (κ2) is 7.58. The van der Waals surface area contributed by atoms with Gasteiger partial charge in [0.05, 0.1) is 12.8 Å². The van der Waals surface area contributed by atoms with Crippen LogP contribution in [0, 0.1) is 0 Å². The largest absolute Gasteiger partial charge is 0.496 e. The van der Waals surface area contributed by atoms with Crippen LogP contribution in [0.4, 0.5) is 11.5 Å². The topological polar surface area (TPSA) is 111 Å². The molecule has 0 fully saturated rings. The van der Waals surface area contributed by atoms with E-state index in [1.54, 1.807) is 30.8 Å². The van der Waals surface area contributed by atoms with E-state index in [1.807, 2.05) is 25.1 Å². The van der Waals surface area contributed by atoms with Crippen molar-refractivity contribution in [2.75, 3.05) is 37.9 Å².